The van der Waals surface area contributed by atoms with Crippen LogP contribution in [0.15, 0.2) is 71.5 Å². The average molecular weight is 483 g/mol. The molecule has 0 radical (unpaired) electrons. The zero-order valence-corrected chi connectivity index (χ0v) is 20.8. The third kappa shape index (κ3) is 4.62. The van der Waals surface area contributed by atoms with Gasteiger partial charge in [0.15, 0.2) is 0 Å². The van der Waals surface area contributed by atoms with Crippen LogP contribution < -0.4 is 15.8 Å². The number of fused-ring (bicyclic) bond motifs is 1. The average Bonchev–Trinajstić information content (AvgIpc) is 2.91. The van der Waals surface area contributed by atoms with Gasteiger partial charge in [0.05, 0.1) is 24.3 Å². The fourth-order valence-corrected chi connectivity index (χ4v) is 4.59. The molecule has 0 spiro atoms. The van der Waals surface area contributed by atoms with Gasteiger partial charge in [0.25, 0.3) is 5.56 Å². The van der Waals surface area contributed by atoms with Crippen molar-refractivity contribution in [1.29, 1.82) is 0 Å². The zero-order chi connectivity index (χ0) is 25.2. The van der Waals surface area contributed by atoms with Crippen LogP contribution >= 0.6 is 0 Å². The Morgan fingerprint density at radius 1 is 0.972 bits per heavy atom. The fraction of sp³-hybridized carbons (Fsp3) is 0.276. The van der Waals surface area contributed by atoms with Crippen LogP contribution in [0.3, 0.4) is 0 Å². The van der Waals surface area contributed by atoms with Gasteiger partial charge in [-0.15, -0.1) is 0 Å². The normalized spacial score (nSPS) is 14.6. The summed E-state index contributed by atoms with van der Waals surface area (Å²) in [5, 5.41) is 9.00. The van der Waals surface area contributed by atoms with E-state index in [1.807, 2.05) is 62.4 Å². The number of aromatic nitrogens is 2. The van der Waals surface area contributed by atoms with E-state index in [1.54, 1.807) is 13.0 Å². The predicted octanol–water partition coefficient (Wildman–Crippen LogP) is 4.72. The largest absolute Gasteiger partial charge is 0.378 e. The van der Waals surface area contributed by atoms with E-state index in [2.05, 4.69) is 22.3 Å². The number of amides is 1. The Morgan fingerprint density at radius 3 is 2.39 bits per heavy atom. The number of carbonyl (C=O) groups is 1. The number of hydrogen-bond acceptors (Lipinski definition) is 5. The maximum Gasteiger partial charge on any atom is 0.275 e. The molecule has 1 aliphatic heterocycles. The van der Waals surface area contributed by atoms with Crippen molar-refractivity contribution >= 4 is 28.1 Å². The number of aryl methyl sites for hydroxylation is 2. The molecule has 7 nitrogen and oxygen atoms in total. The van der Waals surface area contributed by atoms with Gasteiger partial charge in [-0.25, -0.2) is 4.68 Å². The molecule has 1 amide bonds. The highest BCUT2D eigenvalue weighted by Gasteiger charge is 2.22. The van der Waals surface area contributed by atoms with Gasteiger partial charge in [-0.1, -0.05) is 35.9 Å². The van der Waals surface area contributed by atoms with E-state index in [4.69, 9.17) is 9.84 Å². The van der Waals surface area contributed by atoms with Crippen molar-refractivity contribution in [3.05, 3.63) is 88.2 Å². The van der Waals surface area contributed by atoms with Crippen LogP contribution in [-0.2, 0) is 9.53 Å². The molecule has 1 saturated heterocycles. The number of benzene rings is 3. The first-order valence-corrected chi connectivity index (χ1v) is 12.2. The van der Waals surface area contributed by atoms with Gasteiger partial charge in [-0.2, -0.15) is 5.10 Å². The summed E-state index contributed by atoms with van der Waals surface area (Å²) in [6.07, 6.45) is 0. The molecule has 1 fully saturated rings. The highest BCUT2D eigenvalue weighted by Crippen LogP contribution is 2.29. The second-order valence-electron chi connectivity index (χ2n) is 9.27. The number of ether oxygens (including phenoxy) is 1. The lowest BCUT2D eigenvalue weighted by molar-refractivity contribution is -0.119. The van der Waals surface area contributed by atoms with Gasteiger partial charge in [0.2, 0.25) is 5.91 Å². The van der Waals surface area contributed by atoms with E-state index < -0.39 is 6.04 Å². The molecular weight excluding hydrogens is 452 g/mol. The molecule has 3 aromatic carbocycles. The molecule has 1 atom stereocenters. The first-order valence-electron chi connectivity index (χ1n) is 12.2. The maximum atomic E-state index is 13.4. The molecule has 0 saturated carbocycles. The minimum absolute atomic E-state index is 0.287. The number of nitrogens with one attached hydrogen (secondary N) is 1. The second kappa shape index (κ2) is 9.95. The number of rotatable bonds is 5. The van der Waals surface area contributed by atoms with Crippen LogP contribution in [0.25, 0.3) is 22.0 Å². The molecule has 1 aromatic heterocycles. The van der Waals surface area contributed by atoms with Gasteiger partial charge < -0.3 is 15.0 Å². The molecule has 7 heteroatoms. The van der Waals surface area contributed by atoms with Crippen molar-refractivity contribution in [3.8, 4) is 11.3 Å². The molecule has 2 heterocycles. The number of nitrogens with zero attached hydrogens (tertiary/aromatic N) is 3. The number of morpholine rings is 1. The van der Waals surface area contributed by atoms with Gasteiger partial charge >= 0.3 is 0 Å². The predicted molar refractivity (Wildman–Crippen MR) is 144 cm³/mol. The molecule has 1 aliphatic rings. The molecule has 36 heavy (non-hydrogen) atoms. The number of hydrogen-bond donors (Lipinski definition) is 1. The molecule has 0 bridgehead atoms. The van der Waals surface area contributed by atoms with Crippen LogP contribution in [0.1, 0.15) is 24.1 Å². The van der Waals surface area contributed by atoms with Crippen molar-refractivity contribution < 1.29 is 9.53 Å². The van der Waals surface area contributed by atoms with E-state index in [0.717, 1.165) is 40.9 Å². The highest BCUT2D eigenvalue weighted by atomic mass is 16.5. The summed E-state index contributed by atoms with van der Waals surface area (Å²) in [5.74, 6) is -0.300. The molecular formula is C29H30N4O3. The Balaban J connectivity index is 1.46. The molecule has 0 aliphatic carbocycles. The first-order chi connectivity index (χ1) is 17.4. The Kier molecular flexibility index (Phi) is 6.57. The summed E-state index contributed by atoms with van der Waals surface area (Å²) in [5.41, 5.74) is 5.28. The number of anilines is 2. The van der Waals surface area contributed by atoms with Gasteiger partial charge in [-0.3, -0.25) is 9.59 Å². The summed E-state index contributed by atoms with van der Waals surface area (Å²) in [6.45, 7) is 8.89. The maximum absolute atomic E-state index is 13.4. The highest BCUT2D eigenvalue weighted by molar-refractivity contribution is 5.96. The SMILES string of the molecule is Cc1ccc(C)c(-c2nn([C@@H](C)C(=O)Nc3ccc(N4CCOCC4)cc3)c(=O)c3ccccc23)c1. The molecule has 184 valence electrons. The minimum atomic E-state index is -0.801. The quantitative estimate of drug-likeness (QED) is 0.446. The van der Waals surface area contributed by atoms with Crippen LogP contribution in [0.2, 0.25) is 0 Å². The molecule has 4 aromatic rings. The van der Waals surface area contributed by atoms with E-state index in [0.29, 0.717) is 30.0 Å². The van der Waals surface area contributed by atoms with Crippen LogP contribution in [-0.4, -0.2) is 42.0 Å². The Morgan fingerprint density at radius 2 is 1.67 bits per heavy atom. The first kappa shape index (κ1) is 23.8. The zero-order valence-electron chi connectivity index (χ0n) is 20.8. The van der Waals surface area contributed by atoms with E-state index in [9.17, 15) is 9.59 Å². The van der Waals surface area contributed by atoms with Crippen LogP contribution in [0.4, 0.5) is 11.4 Å². The molecule has 1 N–H and O–H groups in total. The second-order valence-corrected chi connectivity index (χ2v) is 9.27. The van der Waals surface area contributed by atoms with E-state index in [-0.39, 0.29) is 11.5 Å². The van der Waals surface area contributed by atoms with Gasteiger partial charge in [-0.05, 0) is 62.7 Å². The third-order valence-electron chi connectivity index (χ3n) is 6.73. The summed E-state index contributed by atoms with van der Waals surface area (Å²) >= 11 is 0. The smallest absolute Gasteiger partial charge is 0.275 e. The van der Waals surface area contributed by atoms with Crippen molar-refractivity contribution in [2.45, 2.75) is 26.8 Å². The lowest BCUT2D eigenvalue weighted by Crippen LogP contribution is -2.36. The molecule has 0 unspecified atom stereocenters. The van der Waals surface area contributed by atoms with Gasteiger partial charge in [0.1, 0.15) is 6.04 Å². The van der Waals surface area contributed by atoms with Crippen molar-refractivity contribution in [2.24, 2.45) is 0 Å². The standard InChI is InChI=1S/C29H30N4O3/c1-19-8-9-20(2)26(18-19)27-24-6-4-5-7-25(24)29(35)33(31-27)21(3)28(34)30-22-10-12-23(13-11-22)32-14-16-36-17-15-32/h4-13,18,21H,14-17H2,1-3H3,(H,30,34)/t21-/m0/s1. The lowest BCUT2D eigenvalue weighted by Gasteiger charge is -2.29. The summed E-state index contributed by atoms with van der Waals surface area (Å²) in [6, 6.07) is 20.6. The van der Waals surface area contributed by atoms with Gasteiger partial charge in [0, 0.05) is 35.4 Å². The van der Waals surface area contributed by atoms with Crippen molar-refractivity contribution in [2.75, 3.05) is 36.5 Å². The van der Waals surface area contributed by atoms with Crippen LogP contribution in [0, 0.1) is 13.8 Å². The van der Waals surface area contributed by atoms with Crippen LogP contribution in [0.5, 0.6) is 0 Å². The summed E-state index contributed by atoms with van der Waals surface area (Å²) in [4.78, 5) is 28.9. The monoisotopic (exact) mass is 482 g/mol. The lowest BCUT2D eigenvalue weighted by atomic mass is 9.99. The summed E-state index contributed by atoms with van der Waals surface area (Å²) in [7, 11) is 0. The molecule has 5 rings (SSSR count). The van der Waals surface area contributed by atoms with E-state index >= 15 is 0 Å². The Bertz CT molecular complexity index is 1470. The topological polar surface area (TPSA) is 76.5 Å². The number of carbonyl (C=O) groups excluding carboxylic acids is 1. The Hall–Kier alpha value is -3.97. The van der Waals surface area contributed by atoms with Crippen molar-refractivity contribution in [1.82, 2.24) is 9.78 Å². The Labute approximate surface area is 210 Å². The summed E-state index contributed by atoms with van der Waals surface area (Å²) < 4.78 is 6.72. The van der Waals surface area contributed by atoms with Crippen molar-refractivity contribution in [3.63, 3.8) is 0 Å². The third-order valence-corrected chi connectivity index (χ3v) is 6.73. The fourth-order valence-electron chi connectivity index (χ4n) is 4.59. The minimum Gasteiger partial charge on any atom is -0.378 e. The van der Waals surface area contributed by atoms with E-state index in [1.165, 1.54) is 4.68 Å².